The Labute approximate surface area is 103 Å². The van der Waals surface area contributed by atoms with Gasteiger partial charge in [0.1, 0.15) is 11.9 Å². The van der Waals surface area contributed by atoms with Crippen LogP contribution in [0.3, 0.4) is 0 Å². The highest BCUT2D eigenvalue weighted by molar-refractivity contribution is 5.36. The van der Waals surface area contributed by atoms with Gasteiger partial charge in [0.05, 0.1) is 0 Å². The van der Waals surface area contributed by atoms with Gasteiger partial charge >= 0.3 is 0 Å². The predicted molar refractivity (Wildman–Crippen MR) is 72.4 cm³/mol. The monoisotopic (exact) mass is 226 g/mol. The number of rotatable bonds is 3. The van der Waals surface area contributed by atoms with Gasteiger partial charge in [0, 0.05) is 0 Å². The average molecular weight is 226 g/mol. The first-order valence-electron chi connectivity index (χ1n) is 5.97. The van der Waals surface area contributed by atoms with Gasteiger partial charge < -0.3 is 4.74 Å². The first kappa shape index (κ1) is 11.7. The second-order valence-electron chi connectivity index (χ2n) is 4.60. The molecule has 0 heterocycles. The van der Waals surface area contributed by atoms with Gasteiger partial charge in [0.15, 0.2) is 0 Å². The summed E-state index contributed by atoms with van der Waals surface area (Å²) in [7, 11) is 0. The Morgan fingerprint density at radius 3 is 2.18 bits per heavy atom. The van der Waals surface area contributed by atoms with E-state index >= 15 is 0 Å². The molecule has 88 valence electrons. The maximum Gasteiger partial charge on any atom is 0.136 e. The highest BCUT2D eigenvalue weighted by atomic mass is 16.5. The van der Waals surface area contributed by atoms with E-state index in [4.69, 9.17) is 4.74 Å². The third-order valence-electron chi connectivity index (χ3n) is 2.82. The molecule has 1 aliphatic carbocycles. The topological polar surface area (TPSA) is 9.23 Å². The Kier molecular flexibility index (Phi) is 3.48. The van der Waals surface area contributed by atoms with E-state index in [1.54, 1.807) is 0 Å². The molecular formula is C16H18O. The van der Waals surface area contributed by atoms with Gasteiger partial charge in [-0.15, -0.1) is 0 Å². The third kappa shape index (κ3) is 3.10. The van der Waals surface area contributed by atoms with Crippen molar-refractivity contribution in [3.05, 3.63) is 66.3 Å². The lowest BCUT2D eigenvalue weighted by molar-refractivity contribution is 0.295. The van der Waals surface area contributed by atoms with Gasteiger partial charge in [-0.3, -0.25) is 0 Å². The van der Waals surface area contributed by atoms with E-state index in [1.807, 2.05) is 36.4 Å². The summed E-state index contributed by atoms with van der Waals surface area (Å²) in [6, 6.07) is 8.30. The fourth-order valence-electron chi connectivity index (χ4n) is 1.72. The van der Waals surface area contributed by atoms with Crippen LogP contribution in [-0.4, -0.2) is 6.10 Å². The second-order valence-corrected chi connectivity index (χ2v) is 4.60. The minimum absolute atomic E-state index is 0.0189. The molecule has 1 heteroatoms. The summed E-state index contributed by atoms with van der Waals surface area (Å²) in [6.45, 7) is 8.23. The molecule has 0 amide bonds. The molecule has 2 rings (SSSR count). The molecule has 1 aromatic carbocycles. The fraction of sp³-hybridized carbons (Fsp3) is 0.250. The van der Waals surface area contributed by atoms with Crippen molar-refractivity contribution in [3.63, 3.8) is 0 Å². The number of ether oxygens (including phenoxy) is 1. The van der Waals surface area contributed by atoms with Gasteiger partial charge in [-0.25, -0.2) is 0 Å². The summed E-state index contributed by atoms with van der Waals surface area (Å²) >= 11 is 0. The molecule has 0 N–H and O–H groups in total. The summed E-state index contributed by atoms with van der Waals surface area (Å²) in [5.74, 6) is 1.46. The molecular weight excluding hydrogens is 208 g/mol. The SMILES string of the molecule is C=C1C=CC(Oc2ccc(C(C)C)cc2)C=C1. The van der Waals surface area contributed by atoms with Crippen LogP contribution < -0.4 is 4.74 Å². The molecule has 0 saturated heterocycles. The zero-order valence-corrected chi connectivity index (χ0v) is 10.4. The smallest absolute Gasteiger partial charge is 0.136 e. The van der Waals surface area contributed by atoms with E-state index in [1.165, 1.54) is 5.56 Å². The zero-order valence-electron chi connectivity index (χ0n) is 10.4. The van der Waals surface area contributed by atoms with Gasteiger partial charge in [0.2, 0.25) is 0 Å². The Balaban J connectivity index is 2.02. The van der Waals surface area contributed by atoms with E-state index in [-0.39, 0.29) is 6.10 Å². The maximum atomic E-state index is 5.82. The van der Waals surface area contributed by atoms with Crippen molar-refractivity contribution in [3.8, 4) is 5.75 Å². The van der Waals surface area contributed by atoms with E-state index < -0.39 is 0 Å². The molecule has 0 saturated carbocycles. The van der Waals surface area contributed by atoms with Crippen LogP contribution in [0.2, 0.25) is 0 Å². The lowest BCUT2D eigenvalue weighted by atomic mass is 10.0. The Hall–Kier alpha value is -1.76. The van der Waals surface area contributed by atoms with Crippen molar-refractivity contribution in [1.29, 1.82) is 0 Å². The summed E-state index contributed by atoms with van der Waals surface area (Å²) in [5.41, 5.74) is 2.35. The van der Waals surface area contributed by atoms with Gasteiger partial charge in [-0.1, -0.05) is 44.7 Å². The summed E-state index contributed by atoms with van der Waals surface area (Å²) in [4.78, 5) is 0. The maximum absolute atomic E-state index is 5.82. The van der Waals surface area contributed by atoms with Crippen LogP contribution in [0.25, 0.3) is 0 Å². The second kappa shape index (κ2) is 5.05. The molecule has 1 nitrogen and oxygen atoms in total. The number of hydrogen-bond donors (Lipinski definition) is 0. The number of allylic oxidation sites excluding steroid dienone is 3. The Morgan fingerprint density at radius 2 is 1.65 bits per heavy atom. The largest absolute Gasteiger partial charge is 0.482 e. The van der Waals surface area contributed by atoms with Crippen molar-refractivity contribution in [2.24, 2.45) is 0 Å². The third-order valence-corrected chi connectivity index (χ3v) is 2.82. The lowest BCUT2D eigenvalue weighted by Gasteiger charge is -2.15. The molecule has 1 aromatic rings. The molecule has 0 aliphatic heterocycles. The molecule has 0 spiro atoms. The van der Waals surface area contributed by atoms with Crippen molar-refractivity contribution in [2.45, 2.75) is 25.9 Å². The van der Waals surface area contributed by atoms with Gasteiger partial charge in [0.25, 0.3) is 0 Å². The summed E-state index contributed by atoms with van der Waals surface area (Å²) in [5, 5.41) is 0. The fourth-order valence-corrected chi connectivity index (χ4v) is 1.72. The van der Waals surface area contributed by atoms with Crippen molar-refractivity contribution >= 4 is 0 Å². The highest BCUT2D eigenvalue weighted by Crippen LogP contribution is 2.20. The molecule has 0 unspecified atom stereocenters. The van der Waals surface area contributed by atoms with Crippen molar-refractivity contribution < 1.29 is 4.74 Å². The van der Waals surface area contributed by atoms with Crippen LogP contribution in [-0.2, 0) is 0 Å². The molecule has 0 fully saturated rings. The predicted octanol–water partition coefficient (Wildman–Crippen LogP) is 4.24. The number of benzene rings is 1. The lowest BCUT2D eigenvalue weighted by Crippen LogP contribution is -2.12. The Bertz CT molecular complexity index is 433. The van der Waals surface area contributed by atoms with E-state index in [2.05, 4.69) is 32.6 Å². The molecule has 0 atom stereocenters. The molecule has 0 radical (unpaired) electrons. The zero-order chi connectivity index (χ0) is 12.3. The van der Waals surface area contributed by atoms with Crippen molar-refractivity contribution in [1.82, 2.24) is 0 Å². The first-order valence-corrected chi connectivity index (χ1v) is 5.97. The van der Waals surface area contributed by atoms with Crippen LogP contribution >= 0.6 is 0 Å². The van der Waals surface area contributed by atoms with Crippen LogP contribution in [0.4, 0.5) is 0 Å². The molecule has 1 aliphatic rings. The minimum Gasteiger partial charge on any atom is -0.482 e. The molecule has 0 bridgehead atoms. The average Bonchev–Trinajstić information content (AvgIpc) is 2.33. The normalized spacial score (nSPS) is 15.6. The van der Waals surface area contributed by atoms with E-state index in [0.717, 1.165) is 11.3 Å². The highest BCUT2D eigenvalue weighted by Gasteiger charge is 2.06. The Morgan fingerprint density at radius 1 is 1.06 bits per heavy atom. The van der Waals surface area contributed by atoms with Crippen LogP contribution in [0.1, 0.15) is 25.3 Å². The van der Waals surface area contributed by atoms with Crippen LogP contribution in [0, 0.1) is 0 Å². The van der Waals surface area contributed by atoms with Gasteiger partial charge in [-0.2, -0.15) is 0 Å². The van der Waals surface area contributed by atoms with E-state index in [0.29, 0.717) is 5.92 Å². The van der Waals surface area contributed by atoms with Crippen LogP contribution in [0.5, 0.6) is 5.75 Å². The van der Waals surface area contributed by atoms with Crippen LogP contribution in [0.15, 0.2) is 60.7 Å². The standard InChI is InChI=1S/C16H18O/c1-12(2)14-6-10-16(11-7-14)17-15-8-4-13(3)5-9-15/h4-12,15H,3H2,1-2H3. The first-order chi connectivity index (χ1) is 8.15. The summed E-state index contributed by atoms with van der Waals surface area (Å²) < 4.78 is 5.82. The van der Waals surface area contributed by atoms with Crippen molar-refractivity contribution in [2.75, 3.05) is 0 Å². The number of hydrogen-bond acceptors (Lipinski definition) is 1. The molecule has 0 aromatic heterocycles. The quantitative estimate of drug-likeness (QED) is 0.749. The van der Waals surface area contributed by atoms with E-state index in [9.17, 15) is 0 Å². The van der Waals surface area contributed by atoms with Gasteiger partial charge in [-0.05, 0) is 41.3 Å². The summed E-state index contributed by atoms with van der Waals surface area (Å²) in [6.07, 6.45) is 8.00. The molecule has 17 heavy (non-hydrogen) atoms. The minimum atomic E-state index is 0.0189.